The fourth-order valence-electron chi connectivity index (χ4n) is 2.56. The van der Waals surface area contributed by atoms with Crippen molar-refractivity contribution in [1.82, 2.24) is 5.32 Å². The lowest BCUT2D eigenvalue weighted by Crippen LogP contribution is -2.17. The van der Waals surface area contributed by atoms with Crippen LogP contribution in [-0.4, -0.2) is 23.4 Å². The topological polar surface area (TPSA) is 47.6 Å². The Morgan fingerprint density at radius 3 is 2.61 bits per heavy atom. The number of hydrogen-bond donors (Lipinski definition) is 1. The van der Waals surface area contributed by atoms with Crippen LogP contribution in [0.2, 0.25) is 5.02 Å². The van der Waals surface area contributed by atoms with Crippen molar-refractivity contribution in [2.24, 2.45) is 0 Å². The Hall–Kier alpha value is -2.02. The van der Waals surface area contributed by atoms with Gasteiger partial charge in [-0.2, -0.15) is 0 Å². The average Bonchev–Trinajstić information content (AvgIpc) is 2.96. The molecule has 0 aliphatic carbocycles. The van der Waals surface area contributed by atoms with E-state index in [1.807, 2.05) is 12.1 Å². The largest absolute Gasteiger partial charge is 0.493 e. The standard InChI is InChI=1S/C21H20ClNO3S2/c1-13-4-6-17(10-14(13)2)25-8-3-9-26-18-7-5-16(22)11-15(18)12-19-20(24)23-21(27)28-19/h4-7,10-12H,3,8-9H2,1-2H3,(H,23,24,27). The molecule has 0 aromatic heterocycles. The summed E-state index contributed by atoms with van der Waals surface area (Å²) in [7, 11) is 0. The second-order valence-electron chi connectivity index (χ2n) is 6.33. The molecule has 1 aliphatic heterocycles. The summed E-state index contributed by atoms with van der Waals surface area (Å²) in [6, 6.07) is 11.4. The number of aryl methyl sites for hydroxylation is 2. The van der Waals surface area contributed by atoms with Crippen LogP contribution in [0.25, 0.3) is 6.08 Å². The van der Waals surface area contributed by atoms with Gasteiger partial charge in [-0.3, -0.25) is 4.79 Å². The Morgan fingerprint density at radius 2 is 1.89 bits per heavy atom. The molecular formula is C21H20ClNO3S2. The first-order chi connectivity index (χ1) is 13.4. The molecule has 1 heterocycles. The van der Waals surface area contributed by atoms with Gasteiger partial charge in [0.2, 0.25) is 0 Å². The summed E-state index contributed by atoms with van der Waals surface area (Å²) in [4.78, 5) is 12.4. The van der Waals surface area contributed by atoms with Crippen molar-refractivity contribution in [3.8, 4) is 11.5 Å². The molecule has 0 unspecified atom stereocenters. The number of thioether (sulfide) groups is 1. The Bertz CT molecular complexity index is 943. The Kier molecular flexibility index (Phi) is 6.99. The Balaban J connectivity index is 1.57. The molecule has 146 valence electrons. The van der Waals surface area contributed by atoms with E-state index in [0.29, 0.717) is 33.2 Å². The number of ether oxygens (including phenoxy) is 2. The number of rotatable bonds is 7. The third-order valence-electron chi connectivity index (χ3n) is 4.19. The molecule has 2 aromatic carbocycles. The molecule has 4 nitrogen and oxygen atoms in total. The van der Waals surface area contributed by atoms with Crippen LogP contribution in [0.4, 0.5) is 0 Å². The highest BCUT2D eigenvalue weighted by atomic mass is 35.5. The van der Waals surface area contributed by atoms with E-state index in [1.165, 1.54) is 22.9 Å². The van der Waals surface area contributed by atoms with Gasteiger partial charge in [-0.1, -0.05) is 41.6 Å². The lowest BCUT2D eigenvalue weighted by molar-refractivity contribution is -0.115. The van der Waals surface area contributed by atoms with Gasteiger partial charge in [0, 0.05) is 17.0 Å². The molecule has 0 spiro atoms. The van der Waals surface area contributed by atoms with E-state index in [-0.39, 0.29) is 5.91 Å². The molecule has 0 saturated carbocycles. The zero-order valence-corrected chi connectivity index (χ0v) is 18.0. The second kappa shape index (κ2) is 9.45. The summed E-state index contributed by atoms with van der Waals surface area (Å²) < 4.78 is 12.1. The van der Waals surface area contributed by atoms with E-state index in [4.69, 9.17) is 33.3 Å². The molecular weight excluding hydrogens is 414 g/mol. The Labute approximate surface area is 179 Å². The maximum absolute atomic E-state index is 11.9. The van der Waals surface area contributed by atoms with Gasteiger partial charge in [0.05, 0.1) is 18.1 Å². The number of carbonyl (C=O) groups excluding carboxylic acids is 1. The summed E-state index contributed by atoms with van der Waals surface area (Å²) in [6.45, 7) is 5.18. The minimum atomic E-state index is -0.206. The second-order valence-corrected chi connectivity index (χ2v) is 8.49. The van der Waals surface area contributed by atoms with Gasteiger partial charge in [0.15, 0.2) is 0 Å². The fourth-order valence-corrected chi connectivity index (χ4v) is 3.78. The number of thiocarbonyl (C=S) groups is 1. The van der Waals surface area contributed by atoms with E-state index in [0.717, 1.165) is 17.7 Å². The first-order valence-corrected chi connectivity index (χ1v) is 10.4. The van der Waals surface area contributed by atoms with Crippen LogP contribution >= 0.6 is 35.6 Å². The maximum Gasteiger partial charge on any atom is 0.263 e. The number of nitrogens with one attached hydrogen (secondary N) is 1. The zero-order valence-electron chi connectivity index (χ0n) is 15.6. The number of amides is 1. The highest BCUT2D eigenvalue weighted by molar-refractivity contribution is 8.26. The summed E-state index contributed by atoms with van der Waals surface area (Å²) in [5.74, 6) is 1.32. The van der Waals surface area contributed by atoms with Crippen LogP contribution in [-0.2, 0) is 4.79 Å². The minimum Gasteiger partial charge on any atom is -0.493 e. The van der Waals surface area contributed by atoms with Gasteiger partial charge in [-0.25, -0.2) is 0 Å². The molecule has 0 bridgehead atoms. The molecule has 1 amide bonds. The van der Waals surface area contributed by atoms with Crippen molar-refractivity contribution >= 4 is 51.9 Å². The molecule has 28 heavy (non-hydrogen) atoms. The van der Waals surface area contributed by atoms with Crippen molar-refractivity contribution in [2.45, 2.75) is 20.3 Å². The van der Waals surface area contributed by atoms with Crippen molar-refractivity contribution in [1.29, 1.82) is 0 Å². The maximum atomic E-state index is 11.9. The normalized spacial score (nSPS) is 15.0. The number of carbonyl (C=O) groups is 1. The number of hydrogen-bond acceptors (Lipinski definition) is 5. The lowest BCUT2D eigenvalue weighted by Gasteiger charge is -2.11. The smallest absolute Gasteiger partial charge is 0.263 e. The minimum absolute atomic E-state index is 0.206. The molecule has 0 radical (unpaired) electrons. The van der Waals surface area contributed by atoms with Crippen LogP contribution in [0.15, 0.2) is 41.3 Å². The van der Waals surface area contributed by atoms with Crippen LogP contribution < -0.4 is 14.8 Å². The molecule has 7 heteroatoms. The lowest BCUT2D eigenvalue weighted by atomic mass is 10.1. The molecule has 0 atom stereocenters. The van der Waals surface area contributed by atoms with E-state index < -0.39 is 0 Å². The first-order valence-electron chi connectivity index (χ1n) is 8.79. The summed E-state index contributed by atoms with van der Waals surface area (Å²) in [5.41, 5.74) is 3.20. The predicted molar refractivity (Wildman–Crippen MR) is 119 cm³/mol. The molecule has 1 N–H and O–H groups in total. The first kappa shape index (κ1) is 20.7. The van der Waals surface area contributed by atoms with Gasteiger partial charge in [-0.15, -0.1) is 0 Å². The SMILES string of the molecule is Cc1ccc(OCCCOc2ccc(Cl)cc2C=C2SC(=S)NC2=O)cc1C. The highest BCUT2D eigenvalue weighted by Gasteiger charge is 2.22. The van der Waals surface area contributed by atoms with Crippen molar-refractivity contribution < 1.29 is 14.3 Å². The Morgan fingerprint density at radius 1 is 1.11 bits per heavy atom. The van der Waals surface area contributed by atoms with Crippen LogP contribution in [0.5, 0.6) is 11.5 Å². The fraction of sp³-hybridized carbons (Fsp3) is 0.238. The van der Waals surface area contributed by atoms with Crippen LogP contribution in [0.1, 0.15) is 23.1 Å². The zero-order chi connectivity index (χ0) is 20.1. The number of halogens is 1. The van der Waals surface area contributed by atoms with Gasteiger partial charge < -0.3 is 14.8 Å². The van der Waals surface area contributed by atoms with Crippen LogP contribution in [0, 0.1) is 13.8 Å². The van der Waals surface area contributed by atoms with E-state index in [2.05, 4.69) is 25.2 Å². The van der Waals surface area contributed by atoms with Crippen molar-refractivity contribution in [3.05, 3.63) is 63.0 Å². The third kappa shape index (κ3) is 5.50. The molecule has 1 fully saturated rings. The molecule has 1 aliphatic rings. The summed E-state index contributed by atoms with van der Waals surface area (Å²) in [6.07, 6.45) is 2.47. The molecule has 2 aromatic rings. The summed E-state index contributed by atoms with van der Waals surface area (Å²) >= 11 is 12.4. The quantitative estimate of drug-likeness (QED) is 0.365. The summed E-state index contributed by atoms with van der Waals surface area (Å²) in [5, 5.41) is 3.17. The number of benzene rings is 2. The highest BCUT2D eigenvalue weighted by Crippen LogP contribution is 2.31. The van der Waals surface area contributed by atoms with Gasteiger partial charge in [0.1, 0.15) is 15.8 Å². The molecule has 1 saturated heterocycles. The van der Waals surface area contributed by atoms with E-state index in [1.54, 1.807) is 24.3 Å². The average molecular weight is 434 g/mol. The van der Waals surface area contributed by atoms with Gasteiger partial charge >= 0.3 is 0 Å². The molecule has 3 rings (SSSR count). The van der Waals surface area contributed by atoms with Gasteiger partial charge in [0.25, 0.3) is 5.91 Å². The van der Waals surface area contributed by atoms with Crippen molar-refractivity contribution in [3.63, 3.8) is 0 Å². The van der Waals surface area contributed by atoms with Crippen molar-refractivity contribution in [2.75, 3.05) is 13.2 Å². The van der Waals surface area contributed by atoms with Gasteiger partial charge in [-0.05, 0) is 61.4 Å². The third-order valence-corrected chi connectivity index (χ3v) is 5.59. The van der Waals surface area contributed by atoms with E-state index >= 15 is 0 Å². The van der Waals surface area contributed by atoms with Crippen LogP contribution in [0.3, 0.4) is 0 Å². The predicted octanol–water partition coefficient (Wildman–Crippen LogP) is 5.29. The van der Waals surface area contributed by atoms with E-state index in [9.17, 15) is 4.79 Å². The monoisotopic (exact) mass is 433 g/mol.